The Morgan fingerprint density at radius 1 is 1.44 bits per heavy atom. The Morgan fingerprint density at radius 3 is 2.93 bits per heavy atom. The van der Waals surface area contributed by atoms with Gasteiger partial charge in [0.2, 0.25) is 0 Å². The highest BCUT2D eigenvalue weighted by Gasteiger charge is 2.35. The highest BCUT2D eigenvalue weighted by Crippen LogP contribution is 2.30. The van der Waals surface area contributed by atoms with Crippen molar-refractivity contribution in [2.45, 2.75) is 25.7 Å². The third-order valence-corrected chi connectivity index (χ3v) is 4.36. The van der Waals surface area contributed by atoms with Crippen LogP contribution in [0.2, 0.25) is 0 Å². The predicted octanol–water partition coefficient (Wildman–Crippen LogP) is 4.73. The minimum absolute atomic E-state index is 0.223. The lowest BCUT2D eigenvalue weighted by atomic mass is 10.1. The number of amidine groups is 1. The Labute approximate surface area is 156 Å². The Hall–Kier alpha value is -2.70. The molecule has 0 saturated carbocycles. The van der Waals surface area contributed by atoms with Crippen molar-refractivity contribution in [1.82, 2.24) is 4.90 Å². The molecule has 1 saturated heterocycles. The van der Waals surface area contributed by atoms with Gasteiger partial charge in [0.1, 0.15) is 12.4 Å². The van der Waals surface area contributed by atoms with Crippen LogP contribution in [0, 0.1) is 5.92 Å². The summed E-state index contributed by atoms with van der Waals surface area (Å²) in [5, 5.41) is 0. The molecule has 1 aromatic rings. The van der Waals surface area contributed by atoms with Gasteiger partial charge in [-0.15, -0.1) is 6.58 Å². The van der Waals surface area contributed by atoms with Crippen molar-refractivity contribution in [3.63, 3.8) is 0 Å². The average Bonchev–Trinajstić information content (AvgIpc) is 3.03. The number of para-hydroxylation sites is 1. The number of allylic oxidation sites excluding steroid dienone is 4. The molecule has 2 heterocycles. The Bertz CT molecular complexity index is 784. The van der Waals surface area contributed by atoms with Crippen molar-refractivity contribution in [3.8, 4) is 0 Å². The minimum Gasteiger partial charge on any atom is -0.490 e. The van der Waals surface area contributed by atoms with Crippen molar-refractivity contribution < 1.29 is 22.6 Å². The lowest BCUT2D eigenvalue weighted by Gasteiger charge is -2.21. The third-order valence-electron chi connectivity index (χ3n) is 4.36. The van der Waals surface area contributed by atoms with Crippen LogP contribution >= 0.6 is 0 Å². The maximum atomic E-state index is 12.8. The molecule has 0 bridgehead atoms. The van der Waals surface area contributed by atoms with Crippen LogP contribution < -0.4 is 0 Å². The molecule has 0 amide bonds. The summed E-state index contributed by atoms with van der Waals surface area (Å²) in [5.74, 6) is -1.36. The van der Waals surface area contributed by atoms with Crippen LogP contribution in [0.25, 0.3) is 0 Å². The predicted molar refractivity (Wildman–Crippen MR) is 97.4 cm³/mol. The molecule has 0 radical (unpaired) electrons. The highest BCUT2D eigenvalue weighted by atomic mass is 19.4. The quantitative estimate of drug-likeness (QED) is 0.408. The zero-order valence-electron chi connectivity index (χ0n) is 14.9. The molecule has 7 heteroatoms. The number of ether oxygens (including phenoxy) is 2. The van der Waals surface area contributed by atoms with Crippen LogP contribution in [0.1, 0.15) is 12.5 Å². The SMILES string of the molecule is C=CC(/C=C\C(=C/C)OCC1CN2Cc3ccccc3N=C2O1)C(F)(F)F. The van der Waals surface area contributed by atoms with Gasteiger partial charge in [-0.3, -0.25) is 0 Å². The van der Waals surface area contributed by atoms with Crippen molar-refractivity contribution in [2.24, 2.45) is 10.9 Å². The van der Waals surface area contributed by atoms with Gasteiger partial charge in [-0.2, -0.15) is 18.2 Å². The van der Waals surface area contributed by atoms with Gasteiger partial charge >= 0.3 is 6.18 Å². The number of benzene rings is 1. The second kappa shape index (κ2) is 7.90. The van der Waals surface area contributed by atoms with Gasteiger partial charge in [-0.1, -0.05) is 30.4 Å². The van der Waals surface area contributed by atoms with E-state index in [9.17, 15) is 13.2 Å². The summed E-state index contributed by atoms with van der Waals surface area (Å²) in [7, 11) is 0. The molecule has 2 aliphatic heterocycles. The van der Waals surface area contributed by atoms with E-state index in [1.165, 1.54) is 6.08 Å². The number of alkyl halides is 3. The molecule has 0 aromatic heterocycles. The molecule has 1 fully saturated rings. The van der Waals surface area contributed by atoms with Crippen LogP contribution in [0.4, 0.5) is 18.9 Å². The molecule has 1 aromatic carbocycles. The molecule has 2 atom stereocenters. The monoisotopic (exact) mass is 378 g/mol. The summed E-state index contributed by atoms with van der Waals surface area (Å²) in [6.07, 6.45) is 0.221. The van der Waals surface area contributed by atoms with E-state index < -0.39 is 12.1 Å². The van der Waals surface area contributed by atoms with Crippen LogP contribution in [-0.2, 0) is 16.0 Å². The molecular formula is C20H21F3N2O2. The summed E-state index contributed by atoms with van der Waals surface area (Å²) in [4.78, 5) is 6.53. The van der Waals surface area contributed by atoms with Gasteiger partial charge < -0.3 is 14.4 Å². The topological polar surface area (TPSA) is 34.1 Å². The molecule has 2 aliphatic rings. The van der Waals surface area contributed by atoms with E-state index in [2.05, 4.69) is 11.6 Å². The van der Waals surface area contributed by atoms with Crippen molar-refractivity contribution in [2.75, 3.05) is 13.2 Å². The van der Waals surface area contributed by atoms with Gasteiger partial charge in [-0.05, 0) is 30.7 Å². The fourth-order valence-corrected chi connectivity index (χ4v) is 2.90. The zero-order chi connectivity index (χ0) is 19.4. The molecule has 3 rings (SSSR count). The average molecular weight is 378 g/mol. The van der Waals surface area contributed by atoms with E-state index in [1.807, 2.05) is 29.2 Å². The largest absolute Gasteiger partial charge is 0.490 e. The number of fused-ring (bicyclic) bond motifs is 2. The smallest absolute Gasteiger partial charge is 0.398 e. The van der Waals surface area contributed by atoms with E-state index in [0.717, 1.165) is 23.4 Å². The summed E-state index contributed by atoms with van der Waals surface area (Å²) in [6.45, 7) is 6.49. The molecule has 144 valence electrons. The second-order valence-electron chi connectivity index (χ2n) is 6.31. The first-order valence-corrected chi connectivity index (χ1v) is 8.65. The fourth-order valence-electron chi connectivity index (χ4n) is 2.90. The van der Waals surface area contributed by atoms with Crippen molar-refractivity contribution >= 4 is 11.7 Å². The number of nitrogens with zero attached hydrogens (tertiary/aromatic N) is 2. The van der Waals surface area contributed by atoms with E-state index in [1.54, 1.807) is 13.0 Å². The highest BCUT2D eigenvalue weighted by molar-refractivity contribution is 5.81. The Morgan fingerprint density at radius 2 is 2.22 bits per heavy atom. The van der Waals surface area contributed by atoms with Crippen LogP contribution in [-0.4, -0.2) is 36.4 Å². The summed E-state index contributed by atoms with van der Waals surface area (Å²) < 4.78 is 49.8. The molecule has 0 N–H and O–H groups in total. The lowest BCUT2D eigenvalue weighted by molar-refractivity contribution is -0.148. The molecule has 2 unspecified atom stereocenters. The minimum atomic E-state index is -4.36. The van der Waals surface area contributed by atoms with Crippen LogP contribution in [0.15, 0.2) is 65.9 Å². The van der Waals surface area contributed by atoms with Gasteiger partial charge in [0.25, 0.3) is 6.02 Å². The van der Waals surface area contributed by atoms with Crippen LogP contribution in [0.3, 0.4) is 0 Å². The standard InChI is InChI=1S/C20H21F3N2O2/c1-3-15(20(21,22)23)9-10-16(4-2)26-13-17-12-25-11-14-7-5-6-8-18(14)24-19(25)27-17/h3-10,15,17H,1,11-13H2,2H3/b10-9-,16-4+. The van der Waals surface area contributed by atoms with Gasteiger partial charge in [0, 0.05) is 6.54 Å². The first-order chi connectivity index (χ1) is 12.9. The molecular weight excluding hydrogens is 357 g/mol. The Balaban J connectivity index is 1.56. The van der Waals surface area contributed by atoms with E-state index in [-0.39, 0.29) is 12.7 Å². The number of halogens is 3. The first kappa shape index (κ1) is 19.1. The zero-order valence-corrected chi connectivity index (χ0v) is 14.9. The van der Waals surface area contributed by atoms with Gasteiger partial charge in [-0.25, -0.2) is 0 Å². The number of hydrogen-bond donors (Lipinski definition) is 0. The van der Waals surface area contributed by atoms with E-state index in [4.69, 9.17) is 9.47 Å². The maximum Gasteiger partial charge on any atom is 0.398 e. The third kappa shape index (κ3) is 4.53. The number of aliphatic imine (C=N–C) groups is 1. The van der Waals surface area contributed by atoms with Crippen molar-refractivity contribution in [1.29, 1.82) is 0 Å². The van der Waals surface area contributed by atoms with Gasteiger partial charge in [0.05, 0.1) is 18.2 Å². The first-order valence-electron chi connectivity index (χ1n) is 8.65. The number of rotatable bonds is 6. The van der Waals surface area contributed by atoms with Crippen LogP contribution in [0.5, 0.6) is 0 Å². The fraction of sp³-hybridized carbons (Fsp3) is 0.350. The van der Waals surface area contributed by atoms with E-state index in [0.29, 0.717) is 24.9 Å². The molecule has 0 spiro atoms. The summed E-state index contributed by atoms with van der Waals surface area (Å²) in [5.41, 5.74) is 2.02. The normalized spacial score (nSPS) is 20.6. The maximum absolute atomic E-state index is 12.8. The number of hydrogen-bond acceptors (Lipinski definition) is 4. The lowest BCUT2D eigenvalue weighted by Crippen LogP contribution is -2.28. The van der Waals surface area contributed by atoms with Crippen molar-refractivity contribution in [3.05, 3.63) is 66.5 Å². The Kier molecular flexibility index (Phi) is 5.58. The second-order valence-corrected chi connectivity index (χ2v) is 6.31. The summed E-state index contributed by atoms with van der Waals surface area (Å²) >= 11 is 0. The van der Waals surface area contributed by atoms with Gasteiger partial charge in [0.15, 0.2) is 6.10 Å². The summed E-state index contributed by atoms with van der Waals surface area (Å²) in [6, 6.07) is 8.42. The molecule has 0 aliphatic carbocycles. The molecule has 27 heavy (non-hydrogen) atoms. The molecule has 4 nitrogen and oxygen atoms in total. The van der Waals surface area contributed by atoms with E-state index >= 15 is 0 Å².